The summed E-state index contributed by atoms with van der Waals surface area (Å²) in [5, 5.41) is 0. The molecule has 0 amide bonds. The number of pyridine rings is 2. The third-order valence-electron chi connectivity index (χ3n) is 5.04. The highest BCUT2D eigenvalue weighted by Crippen LogP contribution is 2.28. The molecule has 4 aromatic rings. The van der Waals surface area contributed by atoms with Crippen LogP contribution in [0, 0.1) is 27.7 Å². The van der Waals surface area contributed by atoms with Gasteiger partial charge in [-0.1, -0.05) is 59.7 Å². The van der Waals surface area contributed by atoms with Crippen molar-refractivity contribution < 1.29 is 0 Å². The van der Waals surface area contributed by atoms with Gasteiger partial charge in [0.05, 0.1) is 22.8 Å². The van der Waals surface area contributed by atoms with Crippen molar-refractivity contribution in [1.29, 1.82) is 0 Å². The Labute approximate surface area is 167 Å². The molecule has 0 spiro atoms. The van der Waals surface area contributed by atoms with Crippen molar-refractivity contribution in [3.63, 3.8) is 0 Å². The summed E-state index contributed by atoms with van der Waals surface area (Å²) in [5.41, 5.74) is 10.9. The summed E-state index contributed by atoms with van der Waals surface area (Å²) in [6.45, 7) is 8.43. The number of benzene rings is 2. The maximum Gasteiger partial charge on any atom is 0.0894 e. The van der Waals surface area contributed by atoms with Crippen LogP contribution in [0.2, 0.25) is 0 Å². The smallest absolute Gasteiger partial charge is 0.0894 e. The molecule has 2 nitrogen and oxygen atoms in total. The monoisotopic (exact) mass is 364 g/mol. The lowest BCUT2D eigenvalue weighted by molar-refractivity contribution is 1.21. The van der Waals surface area contributed by atoms with Crippen molar-refractivity contribution in [2.45, 2.75) is 27.7 Å². The van der Waals surface area contributed by atoms with Gasteiger partial charge in [0.1, 0.15) is 0 Å². The van der Waals surface area contributed by atoms with Gasteiger partial charge >= 0.3 is 0 Å². The van der Waals surface area contributed by atoms with Crippen LogP contribution in [0.3, 0.4) is 0 Å². The zero-order chi connectivity index (χ0) is 19.7. The SMILES string of the molecule is Cc1cccc(-c2nc(-c3ccc(C)c(-c4cccc(C)c4)n3)ccc2C)c1. The number of aryl methyl sites for hydroxylation is 4. The summed E-state index contributed by atoms with van der Waals surface area (Å²) in [6.07, 6.45) is 0. The van der Waals surface area contributed by atoms with Gasteiger partial charge in [-0.2, -0.15) is 0 Å². The summed E-state index contributed by atoms with van der Waals surface area (Å²) in [7, 11) is 0. The Morgan fingerprint density at radius 3 is 1.32 bits per heavy atom. The van der Waals surface area contributed by atoms with E-state index in [1.807, 2.05) is 0 Å². The molecule has 0 saturated heterocycles. The summed E-state index contributed by atoms with van der Waals surface area (Å²) in [4.78, 5) is 9.95. The molecule has 2 aromatic carbocycles. The van der Waals surface area contributed by atoms with Crippen molar-refractivity contribution in [2.24, 2.45) is 0 Å². The first-order chi connectivity index (χ1) is 13.5. The van der Waals surface area contributed by atoms with Crippen LogP contribution in [-0.4, -0.2) is 9.97 Å². The van der Waals surface area contributed by atoms with E-state index in [1.54, 1.807) is 0 Å². The molecule has 2 heterocycles. The highest BCUT2D eigenvalue weighted by Gasteiger charge is 2.11. The molecule has 138 valence electrons. The van der Waals surface area contributed by atoms with E-state index in [4.69, 9.17) is 9.97 Å². The van der Waals surface area contributed by atoms with Crippen LogP contribution in [0.25, 0.3) is 33.9 Å². The van der Waals surface area contributed by atoms with Crippen LogP contribution in [0.5, 0.6) is 0 Å². The fourth-order valence-electron chi connectivity index (χ4n) is 3.51. The summed E-state index contributed by atoms with van der Waals surface area (Å²) < 4.78 is 0. The molecular formula is C26H24N2. The molecule has 28 heavy (non-hydrogen) atoms. The van der Waals surface area contributed by atoms with Gasteiger partial charge in [-0.25, -0.2) is 9.97 Å². The van der Waals surface area contributed by atoms with Gasteiger partial charge in [0.2, 0.25) is 0 Å². The molecule has 2 aromatic heterocycles. The first-order valence-electron chi connectivity index (χ1n) is 9.61. The number of rotatable bonds is 3. The lowest BCUT2D eigenvalue weighted by Gasteiger charge is -2.11. The van der Waals surface area contributed by atoms with Gasteiger partial charge < -0.3 is 0 Å². The highest BCUT2D eigenvalue weighted by atomic mass is 14.8. The molecule has 4 rings (SSSR count). The van der Waals surface area contributed by atoms with Crippen LogP contribution < -0.4 is 0 Å². The zero-order valence-corrected chi connectivity index (χ0v) is 16.8. The molecule has 2 heteroatoms. The average Bonchev–Trinajstić information content (AvgIpc) is 2.69. The molecule has 0 saturated carbocycles. The number of nitrogens with zero attached hydrogens (tertiary/aromatic N) is 2. The first kappa shape index (κ1) is 18.1. The molecule has 0 aliphatic heterocycles. The number of aromatic nitrogens is 2. The molecule has 0 atom stereocenters. The van der Waals surface area contributed by atoms with Crippen LogP contribution in [-0.2, 0) is 0 Å². The maximum atomic E-state index is 4.97. The summed E-state index contributed by atoms with van der Waals surface area (Å²) >= 11 is 0. The number of hydrogen-bond acceptors (Lipinski definition) is 2. The fourth-order valence-corrected chi connectivity index (χ4v) is 3.51. The van der Waals surface area contributed by atoms with Crippen molar-refractivity contribution in [3.8, 4) is 33.9 Å². The predicted molar refractivity (Wildman–Crippen MR) is 117 cm³/mol. The molecule has 0 N–H and O–H groups in total. The minimum absolute atomic E-state index is 0.899. The first-order valence-corrected chi connectivity index (χ1v) is 9.61. The van der Waals surface area contributed by atoms with E-state index in [9.17, 15) is 0 Å². The molecule has 0 unspecified atom stereocenters. The Balaban J connectivity index is 1.82. The average molecular weight is 364 g/mol. The minimum atomic E-state index is 0.899. The van der Waals surface area contributed by atoms with Gasteiger partial charge in [-0.15, -0.1) is 0 Å². The van der Waals surface area contributed by atoms with Crippen LogP contribution in [0.1, 0.15) is 22.3 Å². The van der Waals surface area contributed by atoms with Gasteiger partial charge in [0.15, 0.2) is 0 Å². The Bertz CT molecular complexity index is 1070. The van der Waals surface area contributed by atoms with E-state index in [-0.39, 0.29) is 0 Å². The molecule has 0 aliphatic carbocycles. The van der Waals surface area contributed by atoms with E-state index in [0.29, 0.717) is 0 Å². The van der Waals surface area contributed by atoms with Gasteiger partial charge in [0.25, 0.3) is 0 Å². The van der Waals surface area contributed by atoms with Crippen molar-refractivity contribution in [3.05, 3.63) is 95.1 Å². The second kappa shape index (κ2) is 7.40. The lowest BCUT2D eigenvalue weighted by atomic mass is 10.0. The Hall–Kier alpha value is -3.26. The standard InChI is InChI=1S/C26H24N2/c1-17-7-5-9-21(15-17)25-19(3)11-13-23(27-25)24-14-12-20(4)26(28-24)22-10-6-8-18(2)16-22/h5-16H,1-4H3. The van der Waals surface area contributed by atoms with Crippen LogP contribution in [0.15, 0.2) is 72.8 Å². The Kier molecular flexibility index (Phi) is 4.79. The summed E-state index contributed by atoms with van der Waals surface area (Å²) in [6, 6.07) is 25.4. The molecule has 0 radical (unpaired) electrons. The second-order valence-electron chi connectivity index (χ2n) is 7.46. The second-order valence-corrected chi connectivity index (χ2v) is 7.46. The van der Waals surface area contributed by atoms with E-state index in [2.05, 4.69) is 100 Å². The zero-order valence-electron chi connectivity index (χ0n) is 16.8. The largest absolute Gasteiger partial charge is 0.246 e. The van der Waals surface area contributed by atoms with Crippen molar-refractivity contribution in [1.82, 2.24) is 9.97 Å². The van der Waals surface area contributed by atoms with Gasteiger partial charge in [-0.3, -0.25) is 0 Å². The third-order valence-corrected chi connectivity index (χ3v) is 5.04. The molecular weight excluding hydrogens is 340 g/mol. The molecule has 0 fully saturated rings. The third kappa shape index (κ3) is 3.59. The van der Waals surface area contributed by atoms with Crippen molar-refractivity contribution >= 4 is 0 Å². The maximum absolute atomic E-state index is 4.97. The topological polar surface area (TPSA) is 25.8 Å². The van der Waals surface area contributed by atoms with E-state index < -0.39 is 0 Å². The van der Waals surface area contributed by atoms with E-state index in [1.165, 1.54) is 22.3 Å². The Morgan fingerprint density at radius 2 is 0.929 bits per heavy atom. The molecule has 0 bridgehead atoms. The highest BCUT2D eigenvalue weighted by molar-refractivity contribution is 5.71. The summed E-state index contributed by atoms with van der Waals surface area (Å²) in [5.74, 6) is 0. The quantitative estimate of drug-likeness (QED) is 0.404. The predicted octanol–water partition coefficient (Wildman–Crippen LogP) is 6.71. The van der Waals surface area contributed by atoms with Gasteiger partial charge in [-0.05, 0) is 63.1 Å². The number of hydrogen-bond donors (Lipinski definition) is 0. The normalized spacial score (nSPS) is 10.9. The van der Waals surface area contributed by atoms with Crippen molar-refractivity contribution in [2.75, 3.05) is 0 Å². The Morgan fingerprint density at radius 1 is 0.500 bits per heavy atom. The fraction of sp³-hybridized carbons (Fsp3) is 0.154. The minimum Gasteiger partial charge on any atom is -0.246 e. The lowest BCUT2D eigenvalue weighted by Crippen LogP contribution is -1.96. The van der Waals surface area contributed by atoms with E-state index >= 15 is 0 Å². The molecule has 0 aliphatic rings. The van der Waals surface area contributed by atoms with Crippen LogP contribution >= 0.6 is 0 Å². The van der Waals surface area contributed by atoms with E-state index in [0.717, 1.165) is 33.9 Å². The van der Waals surface area contributed by atoms with Crippen LogP contribution in [0.4, 0.5) is 0 Å². The van der Waals surface area contributed by atoms with Gasteiger partial charge in [0, 0.05) is 11.1 Å².